The van der Waals surface area contributed by atoms with Gasteiger partial charge in [-0.2, -0.15) is 0 Å². The summed E-state index contributed by atoms with van der Waals surface area (Å²) >= 11 is 0. The van der Waals surface area contributed by atoms with Gasteiger partial charge in [-0.1, -0.05) is 46.1 Å². The molecule has 10 unspecified atom stereocenters. The molecule has 4 saturated heterocycles. The zero-order valence-corrected chi connectivity index (χ0v) is 31.6. The highest BCUT2D eigenvalue weighted by molar-refractivity contribution is 6.07. The lowest BCUT2D eigenvalue weighted by Gasteiger charge is -2.46. The highest BCUT2D eigenvalue weighted by Crippen LogP contribution is 2.53. The molecule has 300 valence electrons. The molecule has 10 atom stereocenters. The number of imide groups is 2. The number of hydrogen-bond donors (Lipinski definition) is 2. The number of hydroxylamine groups is 4. The number of carbonyl (C=O) groups is 8. The van der Waals surface area contributed by atoms with E-state index in [2.05, 4.69) is 23.8 Å². The molecule has 0 aromatic carbocycles. The third-order valence-electron chi connectivity index (χ3n) is 11.6. The molecule has 0 aromatic rings. The Morgan fingerprint density at radius 3 is 1.68 bits per heavy atom. The smallest absolute Gasteiger partial charge is 0.432 e. The molecular formula is C38H44N4O14. The van der Waals surface area contributed by atoms with Crippen molar-refractivity contribution in [2.75, 3.05) is 19.8 Å². The van der Waals surface area contributed by atoms with Gasteiger partial charge in [-0.25, -0.2) is 19.2 Å². The van der Waals surface area contributed by atoms with E-state index in [9.17, 15) is 38.4 Å². The Kier molecular flexibility index (Phi) is 9.30. The average molecular weight is 781 g/mol. The molecule has 18 heteroatoms. The lowest BCUT2D eigenvalue weighted by molar-refractivity contribution is -0.180. The third-order valence-corrected chi connectivity index (χ3v) is 11.6. The second-order valence-electron chi connectivity index (χ2n) is 17.0. The zero-order valence-electron chi connectivity index (χ0n) is 31.6. The molecule has 6 heterocycles. The molecule has 0 radical (unpaired) electrons. The summed E-state index contributed by atoms with van der Waals surface area (Å²) in [6, 6.07) is -0.519. The molecule has 4 bridgehead atoms. The van der Waals surface area contributed by atoms with Crippen LogP contribution in [0.4, 0.5) is 9.59 Å². The van der Waals surface area contributed by atoms with E-state index in [1.54, 1.807) is 24.3 Å². The first-order valence-corrected chi connectivity index (χ1v) is 18.3. The normalized spacial score (nSPS) is 36.7. The standard InChI is InChI=1S/C38H44N4O14/c1-18(2)31(47)51-16-37-10-8-21(53-37)23-25(37)29(45)41(27(23)43)55-33(49)39-15-36(7)13-20(12-35(5,6)14-36)40-34(50)56-42-28(44)24-22-9-11-38(54-22,26(24)30(42)46)17-52-32(48)19(3)4/h8-11,20-26H,1,3,12-17H2,2,4-7H3,(H,39,49)(H,40,50). The molecule has 7 rings (SSSR count). The Bertz CT molecular complexity index is 1920. The van der Waals surface area contributed by atoms with Crippen LogP contribution in [0.2, 0.25) is 0 Å². The fourth-order valence-electron chi connectivity index (χ4n) is 9.61. The average Bonchev–Trinajstić information content (AvgIpc) is 3.95. The first-order valence-electron chi connectivity index (χ1n) is 18.3. The molecule has 56 heavy (non-hydrogen) atoms. The van der Waals surface area contributed by atoms with E-state index in [0.717, 1.165) is 0 Å². The highest BCUT2D eigenvalue weighted by atomic mass is 16.7. The lowest BCUT2D eigenvalue weighted by atomic mass is 9.62. The Morgan fingerprint density at radius 2 is 1.21 bits per heavy atom. The maximum atomic E-state index is 13.5. The predicted molar refractivity (Wildman–Crippen MR) is 186 cm³/mol. The van der Waals surface area contributed by atoms with E-state index in [1.165, 1.54) is 13.8 Å². The van der Waals surface area contributed by atoms with E-state index < -0.39 is 106 Å². The Hall–Kier alpha value is -5.36. The number of nitrogens with zero attached hydrogens (tertiary/aromatic N) is 2. The highest BCUT2D eigenvalue weighted by Gasteiger charge is 2.70. The van der Waals surface area contributed by atoms with Gasteiger partial charge in [0.25, 0.3) is 23.6 Å². The fraction of sp³-hybridized carbons (Fsp3) is 0.579. The van der Waals surface area contributed by atoms with Crippen LogP contribution in [0.15, 0.2) is 48.6 Å². The third kappa shape index (κ3) is 6.47. The van der Waals surface area contributed by atoms with E-state index in [4.69, 9.17) is 28.6 Å². The molecular weight excluding hydrogens is 736 g/mol. The van der Waals surface area contributed by atoms with E-state index in [1.807, 2.05) is 20.8 Å². The molecule has 6 amide bonds. The monoisotopic (exact) mass is 780 g/mol. The molecule has 1 saturated carbocycles. The minimum atomic E-state index is -1.39. The van der Waals surface area contributed by atoms with Crippen molar-refractivity contribution in [1.29, 1.82) is 0 Å². The van der Waals surface area contributed by atoms with Crippen LogP contribution < -0.4 is 10.6 Å². The van der Waals surface area contributed by atoms with Gasteiger partial charge < -0.3 is 39.3 Å². The van der Waals surface area contributed by atoms with Crippen molar-refractivity contribution < 1.29 is 67.0 Å². The maximum absolute atomic E-state index is 13.5. The quantitative estimate of drug-likeness (QED) is 0.132. The van der Waals surface area contributed by atoms with Crippen LogP contribution >= 0.6 is 0 Å². The minimum Gasteiger partial charge on any atom is -0.459 e. The second-order valence-corrected chi connectivity index (χ2v) is 17.0. The van der Waals surface area contributed by atoms with Crippen LogP contribution in [-0.2, 0) is 57.4 Å². The molecule has 6 aliphatic heterocycles. The lowest BCUT2D eigenvalue weighted by Crippen LogP contribution is -2.52. The Balaban J connectivity index is 0.936. The molecule has 18 nitrogen and oxygen atoms in total. The molecule has 2 N–H and O–H groups in total. The van der Waals surface area contributed by atoms with Gasteiger partial charge in [0.1, 0.15) is 24.4 Å². The molecule has 0 spiro atoms. The van der Waals surface area contributed by atoms with Gasteiger partial charge in [-0.15, -0.1) is 10.1 Å². The van der Waals surface area contributed by atoms with Gasteiger partial charge in [0.05, 0.1) is 35.9 Å². The predicted octanol–water partition coefficient (Wildman–Crippen LogP) is 1.71. The number of esters is 2. The first kappa shape index (κ1) is 38.9. The van der Waals surface area contributed by atoms with Crippen LogP contribution in [0.3, 0.4) is 0 Å². The molecule has 5 fully saturated rings. The van der Waals surface area contributed by atoms with E-state index in [0.29, 0.717) is 29.4 Å². The van der Waals surface area contributed by atoms with Crippen LogP contribution in [0.1, 0.15) is 53.9 Å². The van der Waals surface area contributed by atoms with Crippen molar-refractivity contribution in [3.05, 3.63) is 48.6 Å². The SMILES string of the molecule is C=C(C)C(=O)OCC12C=CC(O1)C1C(=O)N(OC(=O)NCC3(C)CC(NC(=O)ON4C(=O)C5C6C=CC(COC(=O)C(=C)C)(O6)C5C4=O)CC(C)(C)C3)C(=O)C12. The van der Waals surface area contributed by atoms with Gasteiger partial charge >= 0.3 is 24.1 Å². The second kappa shape index (κ2) is 13.4. The van der Waals surface area contributed by atoms with E-state index in [-0.39, 0.29) is 36.3 Å². The van der Waals surface area contributed by atoms with Gasteiger partial charge in [0.2, 0.25) is 0 Å². The van der Waals surface area contributed by atoms with E-state index >= 15 is 0 Å². The fourth-order valence-corrected chi connectivity index (χ4v) is 9.61. The summed E-state index contributed by atoms with van der Waals surface area (Å²) < 4.78 is 22.4. The molecule has 0 aromatic heterocycles. The number of hydrogen-bond acceptors (Lipinski definition) is 14. The summed E-state index contributed by atoms with van der Waals surface area (Å²) in [6.07, 6.45) is 4.17. The number of nitrogens with one attached hydrogen (secondary N) is 2. The molecule has 7 aliphatic rings. The topological polar surface area (TPSA) is 222 Å². The Labute approximate surface area is 321 Å². The van der Waals surface area contributed by atoms with Gasteiger partial charge in [0.15, 0.2) is 0 Å². The van der Waals surface area contributed by atoms with Crippen molar-refractivity contribution in [3.8, 4) is 0 Å². The van der Waals surface area contributed by atoms with Crippen molar-refractivity contribution in [3.63, 3.8) is 0 Å². The number of ether oxygens (including phenoxy) is 4. The summed E-state index contributed by atoms with van der Waals surface area (Å²) in [7, 11) is 0. The summed E-state index contributed by atoms with van der Waals surface area (Å²) in [4.78, 5) is 115. The van der Waals surface area contributed by atoms with Gasteiger partial charge in [-0.05, 0) is 56.1 Å². The summed E-state index contributed by atoms with van der Waals surface area (Å²) in [5, 5.41) is 6.26. The number of fused-ring (bicyclic) bond motifs is 10. The molecule has 1 aliphatic carbocycles. The van der Waals surface area contributed by atoms with Crippen molar-refractivity contribution in [2.45, 2.75) is 83.3 Å². The first-order chi connectivity index (χ1) is 26.2. The van der Waals surface area contributed by atoms with Crippen LogP contribution in [0, 0.1) is 34.5 Å². The summed E-state index contributed by atoms with van der Waals surface area (Å²) in [6.45, 7) is 15.2. The van der Waals surface area contributed by atoms with Crippen LogP contribution in [-0.4, -0.2) is 107 Å². The van der Waals surface area contributed by atoms with Crippen molar-refractivity contribution in [2.24, 2.45) is 34.5 Å². The Morgan fingerprint density at radius 1 is 0.750 bits per heavy atom. The van der Waals surface area contributed by atoms with Crippen LogP contribution in [0.5, 0.6) is 0 Å². The van der Waals surface area contributed by atoms with Gasteiger partial charge in [-0.3, -0.25) is 19.2 Å². The largest absolute Gasteiger partial charge is 0.459 e. The number of carbonyl (C=O) groups excluding carboxylic acids is 8. The zero-order chi connectivity index (χ0) is 40.7. The minimum absolute atomic E-state index is 0.0263. The van der Waals surface area contributed by atoms with Gasteiger partial charge in [0, 0.05) is 23.7 Å². The summed E-state index contributed by atoms with van der Waals surface area (Å²) in [5.41, 5.74) is -3.50. The van der Waals surface area contributed by atoms with Crippen molar-refractivity contribution in [1.82, 2.24) is 20.8 Å². The van der Waals surface area contributed by atoms with Crippen molar-refractivity contribution >= 4 is 47.8 Å². The van der Waals surface area contributed by atoms with Crippen LogP contribution in [0.25, 0.3) is 0 Å². The maximum Gasteiger partial charge on any atom is 0.432 e. The number of rotatable bonds is 11. The summed E-state index contributed by atoms with van der Waals surface area (Å²) in [5.74, 6) is -8.58. The number of amides is 6.